The molecule has 0 atom stereocenters. The van der Waals surface area contributed by atoms with E-state index in [2.05, 4.69) is 26.0 Å². The summed E-state index contributed by atoms with van der Waals surface area (Å²) in [6, 6.07) is 7.72. The molecule has 0 amide bonds. The van der Waals surface area contributed by atoms with Crippen molar-refractivity contribution in [3.63, 3.8) is 0 Å². The van der Waals surface area contributed by atoms with Crippen molar-refractivity contribution in [2.45, 2.75) is 40.0 Å². The van der Waals surface area contributed by atoms with Crippen molar-refractivity contribution in [3.05, 3.63) is 41.0 Å². The van der Waals surface area contributed by atoms with Gasteiger partial charge in [0.1, 0.15) is 0 Å². The Balaban J connectivity index is 2.84. The molecule has 0 spiro atoms. The normalized spacial score (nSPS) is 10.8. The molecule has 0 radical (unpaired) electrons. The van der Waals surface area contributed by atoms with Crippen LogP contribution in [0.4, 0.5) is 0 Å². The summed E-state index contributed by atoms with van der Waals surface area (Å²) >= 11 is 0. The summed E-state index contributed by atoms with van der Waals surface area (Å²) in [5.74, 6) is -0.948. The van der Waals surface area contributed by atoms with Crippen LogP contribution in [0.3, 0.4) is 0 Å². The van der Waals surface area contributed by atoms with E-state index in [-0.39, 0.29) is 11.5 Å². The van der Waals surface area contributed by atoms with Crippen molar-refractivity contribution >= 4 is 0 Å². The lowest BCUT2D eigenvalue weighted by Crippen LogP contribution is -1.98. The molecule has 0 fully saturated rings. The van der Waals surface area contributed by atoms with Crippen molar-refractivity contribution in [2.24, 2.45) is 0 Å². The molecular formula is C18H22O3. The van der Waals surface area contributed by atoms with Gasteiger partial charge < -0.3 is 15.3 Å². The fraction of sp³-hybridized carbons (Fsp3) is 0.333. The zero-order valence-electron chi connectivity index (χ0n) is 12.8. The predicted octanol–water partition coefficient (Wildman–Crippen LogP) is 4.16. The van der Waals surface area contributed by atoms with Gasteiger partial charge in [0.25, 0.3) is 0 Å². The Hall–Kier alpha value is -2.16. The third-order valence-electron chi connectivity index (χ3n) is 3.98. The maximum absolute atomic E-state index is 10.1. The number of rotatable bonds is 4. The molecule has 2 aromatic carbocycles. The van der Waals surface area contributed by atoms with Gasteiger partial charge in [-0.3, -0.25) is 0 Å². The van der Waals surface area contributed by atoms with E-state index in [1.165, 1.54) is 11.1 Å². The molecule has 0 unspecified atom stereocenters. The molecular weight excluding hydrogens is 264 g/mol. The molecule has 0 saturated carbocycles. The summed E-state index contributed by atoms with van der Waals surface area (Å²) < 4.78 is 0. The van der Waals surface area contributed by atoms with Crippen LogP contribution >= 0.6 is 0 Å². The molecule has 21 heavy (non-hydrogen) atoms. The van der Waals surface area contributed by atoms with Crippen LogP contribution in [-0.4, -0.2) is 15.3 Å². The zero-order chi connectivity index (χ0) is 15.6. The molecule has 0 aliphatic heterocycles. The van der Waals surface area contributed by atoms with E-state index in [1.54, 1.807) is 6.07 Å². The van der Waals surface area contributed by atoms with Crippen molar-refractivity contribution in [3.8, 4) is 28.4 Å². The number of aryl methyl sites for hydroxylation is 2. The maximum Gasteiger partial charge on any atom is 0.200 e. The Kier molecular flexibility index (Phi) is 4.41. The van der Waals surface area contributed by atoms with Crippen LogP contribution in [0.5, 0.6) is 17.2 Å². The van der Waals surface area contributed by atoms with Crippen LogP contribution < -0.4 is 0 Å². The lowest BCUT2D eigenvalue weighted by atomic mass is 9.88. The molecule has 0 bridgehead atoms. The average molecular weight is 286 g/mol. The molecule has 0 aliphatic carbocycles. The standard InChI is InChI=1S/C18H22O3/c1-4-11-8-7-9-12(5-2)16(11)14-10-15(19)18(21)17(20)13(14)6-3/h7-10,19-21H,4-6H2,1-3H3. The van der Waals surface area contributed by atoms with Crippen molar-refractivity contribution in [2.75, 3.05) is 0 Å². The van der Waals surface area contributed by atoms with Gasteiger partial charge >= 0.3 is 0 Å². The van der Waals surface area contributed by atoms with Crippen molar-refractivity contribution < 1.29 is 15.3 Å². The van der Waals surface area contributed by atoms with Crippen LogP contribution in [0.25, 0.3) is 11.1 Å². The van der Waals surface area contributed by atoms with Crippen LogP contribution in [0.15, 0.2) is 24.3 Å². The summed E-state index contributed by atoms with van der Waals surface area (Å²) in [6.45, 7) is 6.10. The average Bonchev–Trinajstić information content (AvgIpc) is 2.51. The topological polar surface area (TPSA) is 60.7 Å². The van der Waals surface area contributed by atoms with Crippen LogP contribution in [-0.2, 0) is 19.3 Å². The van der Waals surface area contributed by atoms with Crippen LogP contribution in [0, 0.1) is 0 Å². The van der Waals surface area contributed by atoms with Gasteiger partial charge in [-0.1, -0.05) is 39.0 Å². The molecule has 3 N–H and O–H groups in total. The minimum Gasteiger partial charge on any atom is -0.504 e. The molecule has 2 aromatic rings. The molecule has 0 aliphatic rings. The number of aromatic hydroxyl groups is 3. The maximum atomic E-state index is 10.1. The van der Waals surface area contributed by atoms with Crippen LogP contribution in [0.2, 0.25) is 0 Å². The van der Waals surface area contributed by atoms with E-state index in [0.29, 0.717) is 12.0 Å². The highest BCUT2D eigenvalue weighted by Crippen LogP contribution is 2.45. The smallest absolute Gasteiger partial charge is 0.200 e. The predicted molar refractivity (Wildman–Crippen MR) is 85.0 cm³/mol. The van der Waals surface area contributed by atoms with E-state index in [1.807, 2.05) is 13.0 Å². The van der Waals surface area contributed by atoms with E-state index in [0.717, 1.165) is 24.0 Å². The van der Waals surface area contributed by atoms with E-state index >= 15 is 0 Å². The highest BCUT2D eigenvalue weighted by molar-refractivity contribution is 5.79. The number of hydrogen-bond donors (Lipinski definition) is 3. The number of phenolic OH excluding ortho intramolecular Hbond substituents is 3. The fourth-order valence-electron chi connectivity index (χ4n) is 2.85. The lowest BCUT2D eigenvalue weighted by molar-refractivity contribution is 0.365. The molecule has 112 valence electrons. The fourth-order valence-corrected chi connectivity index (χ4v) is 2.85. The Morgan fingerprint density at radius 1 is 0.810 bits per heavy atom. The molecule has 0 aromatic heterocycles. The van der Waals surface area contributed by atoms with E-state index in [9.17, 15) is 15.3 Å². The third kappa shape index (κ3) is 2.56. The van der Waals surface area contributed by atoms with Crippen molar-refractivity contribution in [1.29, 1.82) is 0 Å². The van der Waals surface area contributed by atoms with Crippen molar-refractivity contribution in [1.82, 2.24) is 0 Å². The Morgan fingerprint density at radius 2 is 1.38 bits per heavy atom. The second kappa shape index (κ2) is 6.08. The summed E-state index contributed by atoms with van der Waals surface area (Å²) in [5, 5.41) is 29.8. The first-order chi connectivity index (χ1) is 10.0. The third-order valence-corrected chi connectivity index (χ3v) is 3.98. The largest absolute Gasteiger partial charge is 0.504 e. The second-order valence-corrected chi connectivity index (χ2v) is 5.13. The van der Waals surface area contributed by atoms with Gasteiger partial charge in [0.2, 0.25) is 5.75 Å². The molecule has 0 heterocycles. The van der Waals surface area contributed by atoms with Gasteiger partial charge in [-0.05, 0) is 47.6 Å². The molecule has 3 nitrogen and oxygen atoms in total. The summed E-state index contributed by atoms with van der Waals surface area (Å²) in [5.41, 5.74) is 4.88. The minimum absolute atomic E-state index is 0.222. The summed E-state index contributed by atoms with van der Waals surface area (Å²) in [4.78, 5) is 0. The van der Waals surface area contributed by atoms with Gasteiger partial charge in [-0.25, -0.2) is 0 Å². The van der Waals surface area contributed by atoms with E-state index in [4.69, 9.17) is 0 Å². The Bertz CT molecular complexity index is 638. The van der Waals surface area contributed by atoms with E-state index < -0.39 is 5.75 Å². The highest BCUT2D eigenvalue weighted by atomic mass is 16.3. The molecule has 3 heteroatoms. The monoisotopic (exact) mass is 286 g/mol. The zero-order valence-corrected chi connectivity index (χ0v) is 12.8. The van der Waals surface area contributed by atoms with Gasteiger partial charge in [0.05, 0.1) is 0 Å². The first kappa shape index (κ1) is 15.2. The minimum atomic E-state index is -0.442. The van der Waals surface area contributed by atoms with Gasteiger partial charge in [0.15, 0.2) is 11.5 Å². The van der Waals surface area contributed by atoms with Gasteiger partial charge in [0, 0.05) is 5.56 Å². The number of hydrogen-bond acceptors (Lipinski definition) is 3. The quantitative estimate of drug-likeness (QED) is 0.740. The van der Waals surface area contributed by atoms with Crippen LogP contribution in [0.1, 0.15) is 37.5 Å². The Morgan fingerprint density at radius 3 is 1.86 bits per heavy atom. The number of benzene rings is 2. The van der Waals surface area contributed by atoms with Gasteiger partial charge in [-0.2, -0.15) is 0 Å². The van der Waals surface area contributed by atoms with Gasteiger partial charge in [-0.15, -0.1) is 0 Å². The Labute approximate surface area is 125 Å². The highest BCUT2D eigenvalue weighted by Gasteiger charge is 2.19. The summed E-state index contributed by atoms with van der Waals surface area (Å²) in [6.07, 6.45) is 2.32. The number of phenols is 3. The SMILES string of the molecule is CCc1cccc(CC)c1-c1cc(O)c(O)c(O)c1CC. The lowest BCUT2D eigenvalue weighted by Gasteiger charge is -2.18. The second-order valence-electron chi connectivity index (χ2n) is 5.13. The first-order valence-electron chi connectivity index (χ1n) is 7.42. The first-order valence-corrected chi connectivity index (χ1v) is 7.42. The molecule has 2 rings (SSSR count). The summed E-state index contributed by atoms with van der Waals surface area (Å²) in [7, 11) is 0. The molecule has 0 saturated heterocycles.